The quantitative estimate of drug-likeness (QED) is 0.284. The molecule has 22 heavy (non-hydrogen) atoms. The molecule has 6 nitrogen and oxygen atoms in total. The SMILES string of the molecule is CCNC(=NCC1CC1)NCCS(=O)(=O)NCC1CCC1.I. The molecule has 3 N–H and O–H groups in total. The van der Waals surface area contributed by atoms with E-state index >= 15 is 0 Å². The molecule has 2 fully saturated rings. The standard InChI is InChI=1S/C14H28N4O2S.HI/c1-2-15-14(17-10-13-6-7-13)16-8-9-21(19,20)18-11-12-4-3-5-12;/h12-13,18H,2-11H2,1H3,(H2,15,16,17);1H. The minimum Gasteiger partial charge on any atom is -0.357 e. The topological polar surface area (TPSA) is 82.6 Å². The van der Waals surface area contributed by atoms with Gasteiger partial charge in [-0.15, -0.1) is 24.0 Å². The third-order valence-electron chi connectivity index (χ3n) is 4.03. The molecule has 2 aliphatic carbocycles. The van der Waals surface area contributed by atoms with E-state index in [2.05, 4.69) is 20.3 Å². The molecule has 0 atom stereocenters. The lowest BCUT2D eigenvalue weighted by Gasteiger charge is -2.25. The maximum Gasteiger partial charge on any atom is 0.213 e. The van der Waals surface area contributed by atoms with E-state index in [9.17, 15) is 8.42 Å². The molecule has 0 heterocycles. The number of halogens is 1. The molecule has 0 amide bonds. The van der Waals surface area contributed by atoms with Crippen molar-refractivity contribution >= 4 is 40.0 Å². The van der Waals surface area contributed by atoms with Crippen LogP contribution in [0.4, 0.5) is 0 Å². The first kappa shape index (κ1) is 20.0. The van der Waals surface area contributed by atoms with Crippen LogP contribution in [0.25, 0.3) is 0 Å². The van der Waals surface area contributed by atoms with Crippen molar-refractivity contribution in [3.05, 3.63) is 0 Å². The number of hydrogen-bond acceptors (Lipinski definition) is 3. The van der Waals surface area contributed by atoms with E-state index in [1.807, 2.05) is 6.92 Å². The van der Waals surface area contributed by atoms with Gasteiger partial charge in [0.25, 0.3) is 0 Å². The van der Waals surface area contributed by atoms with E-state index in [1.54, 1.807) is 0 Å². The molecule has 2 rings (SSSR count). The first-order valence-electron chi connectivity index (χ1n) is 8.08. The molecule has 0 radical (unpaired) electrons. The Morgan fingerprint density at radius 2 is 1.86 bits per heavy atom. The first-order valence-corrected chi connectivity index (χ1v) is 9.74. The fourth-order valence-electron chi connectivity index (χ4n) is 2.18. The van der Waals surface area contributed by atoms with Crippen molar-refractivity contribution in [1.29, 1.82) is 0 Å². The third-order valence-corrected chi connectivity index (χ3v) is 5.38. The van der Waals surface area contributed by atoms with Crippen LogP contribution in [-0.2, 0) is 10.0 Å². The van der Waals surface area contributed by atoms with Gasteiger partial charge in [-0.25, -0.2) is 13.1 Å². The van der Waals surface area contributed by atoms with Gasteiger partial charge >= 0.3 is 0 Å². The minimum absolute atomic E-state index is 0. The lowest BCUT2D eigenvalue weighted by atomic mass is 9.86. The third kappa shape index (κ3) is 7.96. The van der Waals surface area contributed by atoms with Crippen LogP contribution in [0.3, 0.4) is 0 Å². The summed E-state index contributed by atoms with van der Waals surface area (Å²) in [6.07, 6.45) is 6.07. The molecule has 0 saturated heterocycles. The van der Waals surface area contributed by atoms with Gasteiger partial charge in [0.1, 0.15) is 0 Å². The van der Waals surface area contributed by atoms with Crippen molar-refractivity contribution in [2.24, 2.45) is 16.8 Å². The van der Waals surface area contributed by atoms with Gasteiger partial charge in [0, 0.05) is 26.2 Å². The molecule has 8 heteroatoms. The summed E-state index contributed by atoms with van der Waals surface area (Å²) in [5, 5.41) is 6.24. The van der Waals surface area contributed by atoms with Crippen molar-refractivity contribution in [3.63, 3.8) is 0 Å². The highest BCUT2D eigenvalue weighted by atomic mass is 127. The molecule has 0 aromatic rings. The lowest BCUT2D eigenvalue weighted by Crippen LogP contribution is -2.42. The average Bonchev–Trinajstić information content (AvgIpc) is 3.17. The van der Waals surface area contributed by atoms with E-state index in [4.69, 9.17) is 0 Å². The van der Waals surface area contributed by atoms with E-state index in [-0.39, 0.29) is 29.7 Å². The summed E-state index contributed by atoms with van der Waals surface area (Å²) in [7, 11) is -3.18. The summed E-state index contributed by atoms with van der Waals surface area (Å²) in [6, 6.07) is 0. The highest BCUT2D eigenvalue weighted by Gasteiger charge is 2.21. The van der Waals surface area contributed by atoms with Gasteiger partial charge in [-0.3, -0.25) is 4.99 Å². The molecular weight excluding hydrogens is 415 g/mol. The maximum absolute atomic E-state index is 11.9. The van der Waals surface area contributed by atoms with Crippen LogP contribution in [-0.4, -0.2) is 46.3 Å². The van der Waals surface area contributed by atoms with Crippen LogP contribution >= 0.6 is 24.0 Å². The van der Waals surface area contributed by atoms with Crippen LogP contribution < -0.4 is 15.4 Å². The van der Waals surface area contributed by atoms with Gasteiger partial charge in [0.15, 0.2) is 5.96 Å². The molecule has 2 saturated carbocycles. The molecular formula is C14H29IN4O2S. The predicted molar refractivity (Wildman–Crippen MR) is 101 cm³/mol. The molecule has 0 spiro atoms. The van der Waals surface area contributed by atoms with E-state index in [0.29, 0.717) is 19.0 Å². The van der Waals surface area contributed by atoms with Crippen LogP contribution in [0.2, 0.25) is 0 Å². The number of guanidine groups is 1. The Hall–Kier alpha value is -0.0900. The number of nitrogens with one attached hydrogen (secondary N) is 3. The highest BCUT2D eigenvalue weighted by molar-refractivity contribution is 14.0. The van der Waals surface area contributed by atoms with E-state index in [1.165, 1.54) is 19.3 Å². The zero-order valence-corrected chi connectivity index (χ0v) is 16.5. The molecule has 0 unspecified atom stereocenters. The van der Waals surface area contributed by atoms with Crippen molar-refractivity contribution in [2.75, 3.05) is 31.9 Å². The van der Waals surface area contributed by atoms with Gasteiger partial charge in [0.05, 0.1) is 5.75 Å². The number of sulfonamides is 1. The number of nitrogens with zero attached hydrogens (tertiary/aromatic N) is 1. The second-order valence-corrected chi connectivity index (χ2v) is 7.98. The normalized spacial score (nSPS) is 19.2. The predicted octanol–water partition coefficient (Wildman–Crippen LogP) is 1.29. The Balaban J connectivity index is 0.00000242. The van der Waals surface area contributed by atoms with Crippen molar-refractivity contribution in [3.8, 4) is 0 Å². The van der Waals surface area contributed by atoms with Gasteiger partial charge in [-0.05, 0) is 44.4 Å². The molecule has 0 aromatic heterocycles. The molecule has 0 aromatic carbocycles. The molecule has 0 bridgehead atoms. The largest absolute Gasteiger partial charge is 0.357 e. The Labute approximate surface area is 151 Å². The van der Waals surface area contributed by atoms with Crippen molar-refractivity contribution < 1.29 is 8.42 Å². The fraction of sp³-hybridized carbons (Fsp3) is 0.929. The van der Waals surface area contributed by atoms with Crippen LogP contribution in [0.15, 0.2) is 4.99 Å². The van der Waals surface area contributed by atoms with Gasteiger partial charge < -0.3 is 10.6 Å². The second kappa shape index (κ2) is 9.92. The average molecular weight is 444 g/mol. The Kier molecular flexibility index (Phi) is 9.00. The van der Waals surface area contributed by atoms with Gasteiger partial charge in [-0.1, -0.05) is 6.42 Å². The number of rotatable bonds is 9. The number of hydrogen-bond donors (Lipinski definition) is 3. The maximum atomic E-state index is 11.9. The van der Waals surface area contributed by atoms with Crippen LogP contribution in [0, 0.1) is 11.8 Å². The van der Waals surface area contributed by atoms with E-state index in [0.717, 1.165) is 37.8 Å². The summed E-state index contributed by atoms with van der Waals surface area (Å²) in [5.41, 5.74) is 0. The summed E-state index contributed by atoms with van der Waals surface area (Å²) < 4.78 is 26.5. The smallest absolute Gasteiger partial charge is 0.213 e. The summed E-state index contributed by atoms with van der Waals surface area (Å²) in [5.74, 6) is 2.09. The Morgan fingerprint density at radius 1 is 1.14 bits per heavy atom. The minimum atomic E-state index is -3.18. The van der Waals surface area contributed by atoms with Crippen LogP contribution in [0.1, 0.15) is 39.0 Å². The Morgan fingerprint density at radius 3 is 2.41 bits per heavy atom. The molecule has 2 aliphatic rings. The zero-order valence-electron chi connectivity index (χ0n) is 13.3. The monoisotopic (exact) mass is 444 g/mol. The molecule has 0 aliphatic heterocycles. The summed E-state index contributed by atoms with van der Waals surface area (Å²) in [4.78, 5) is 4.47. The first-order chi connectivity index (χ1) is 10.1. The van der Waals surface area contributed by atoms with Gasteiger partial charge in [0.2, 0.25) is 10.0 Å². The highest BCUT2D eigenvalue weighted by Crippen LogP contribution is 2.28. The van der Waals surface area contributed by atoms with Crippen LogP contribution in [0.5, 0.6) is 0 Å². The van der Waals surface area contributed by atoms with E-state index < -0.39 is 10.0 Å². The van der Waals surface area contributed by atoms with Crippen molar-refractivity contribution in [2.45, 2.75) is 39.0 Å². The summed E-state index contributed by atoms with van der Waals surface area (Å²) >= 11 is 0. The van der Waals surface area contributed by atoms with Crippen molar-refractivity contribution in [1.82, 2.24) is 15.4 Å². The zero-order chi connectivity index (χ0) is 15.1. The lowest BCUT2D eigenvalue weighted by molar-refractivity contribution is 0.316. The second-order valence-electron chi connectivity index (χ2n) is 6.05. The molecule has 130 valence electrons. The number of aliphatic imine (C=N–C) groups is 1. The fourth-order valence-corrected chi connectivity index (χ4v) is 3.19. The Bertz CT molecular complexity index is 448. The summed E-state index contributed by atoms with van der Waals surface area (Å²) in [6.45, 7) is 4.60. The van der Waals surface area contributed by atoms with Gasteiger partial charge in [-0.2, -0.15) is 0 Å².